The molecule has 0 spiro atoms. The molecule has 1 unspecified atom stereocenters. The van der Waals surface area contributed by atoms with Crippen molar-refractivity contribution in [1.82, 2.24) is 9.78 Å². The van der Waals surface area contributed by atoms with E-state index in [1.54, 1.807) is 7.11 Å². The molecule has 43 heavy (non-hydrogen) atoms. The molecule has 0 fully saturated rings. The van der Waals surface area contributed by atoms with E-state index in [-0.39, 0.29) is 22.5 Å². The molecule has 3 aromatic carbocycles. The van der Waals surface area contributed by atoms with Crippen LogP contribution in [0.15, 0.2) is 84.1 Å². The normalized spacial score (nSPS) is 17.7. The number of carbonyl (C=O) groups excluding carboxylic acids is 1. The number of methoxy groups -OCH3 is 1. The van der Waals surface area contributed by atoms with Crippen LogP contribution in [0.3, 0.4) is 0 Å². The van der Waals surface area contributed by atoms with Crippen LogP contribution in [-0.4, -0.2) is 22.7 Å². The Morgan fingerprint density at radius 3 is 2.42 bits per heavy atom. The first-order valence-corrected chi connectivity index (χ1v) is 15.1. The van der Waals surface area contributed by atoms with Crippen molar-refractivity contribution in [3.63, 3.8) is 0 Å². The van der Waals surface area contributed by atoms with Gasteiger partial charge in [-0.05, 0) is 47.2 Å². The molecule has 2 aliphatic rings. The van der Waals surface area contributed by atoms with Crippen molar-refractivity contribution in [1.29, 1.82) is 0 Å². The number of rotatable bonds is 6. The summed E-state index contributed by atoms with van der Waals surface area (Å²) in [6.45, 7) is 11.2. The highest BCUT2D eigenvalue weighted by Crippen LogP contribution is 2.53. The van der Waals surface area contributed by atoms with E-state index >= 15 is 0 Å². The maximum Gasteiger partial charge on any atom is 0.162 e. The third-order valence-corrected chi connectivity index (χ3v) is 8.56. The number of allylic oxidation sites excluding steroid dienone is 2. The van der Waals surface area contributed by atoms with Crippen molar-refractivity contribution in [2.45, 2.75) is 65.4 Å². The van der Waals surface area contributed by atoms with Crippen LogP contribution in [-0.2, 0) is 16.8 Å². The smallest absolute Gasteiger partial charge is 0.162 e. The SMILES string of the molecule is COc1ccc(C2C3=C(CC(C)(C)CC3=O)Nc3c2c(C(C)(C)C)nn3-c2ccccc2Cl)cc1OCc1ccccc1. The second-order valence-corrected chi connectivity index (χ2v) is 13.7. The minimum absolute atomic E-state index is 0.155. The van der Waals surface area contributed by atoms with Crippen molar-refractivity contribution >= 4 is 23.2 Å². The third-order valence-electron chi connectivity index (χ3n) is 8.24. The van der Waals surface area contributed by atoms with Gasteiger partial charge in [0.1, 0.15) is 12.4 Å². The molecule has 1 atom stereocenters. The monoisotopic (exact) mass is 595 g/mol. The number of ether oxygens (including phenoxy) is 2. The van der Waals surface area contributed by atoms with Crippen LogP contribution in [0.5, 0.6) is 11.5 Å². The van der Waals surface area contributed by atoms with Gasteiger partial charge in [-0.3, -0.25) is 4.79 Å². The van der Waals surface area contributed by atoms with E-state index in [0.717, 1.165) is 51.6 Å². The maximum atomic E-state index is 14.0. The quantitative estimate of drug-likeness (QED) is 0.242. The molecule has 4 aromatic rings. The number of ketones is 1. The van der Waals surface area contributed by atoms with Crippen LogP contribution in [0.4, 0.5) is 5.82 Å². The molecule has 0 saturated heterocycles. The van der Waals surface area contributed by atoms with Crippen molar-refractivity contribution in [3.8, 4) is 17.2 Å². The molecule has 1 aromatic heterocycles. The summed E-state index contributed by atoms with van der Waals surface area (Å²) in [6, 6.07) is 23.8. The summed E-state index contributed by atoms with van der Waals surface area (Å²) in [7, 11) is 1.64. The molecule has 0 amide bonds. The van der Waals surface area contributed by atoms with Gasteiger partial charge in [-0.15, -0.1) is 0 Å². The topological polar surface area (TPSA) is 65.4 Å². The zero-order valence-corrected chi connectivity index (χ0v) is 26.4. The lowest BCUT2D eigenvalue weighted by Crippen LogP contribution is -2.34. The zero-order chi connectivity index (χ0) is 30.5. The Labute approximate surface area is 258 Å². The molecule has 222 valence electrons. The molecule has 6 rings (SSSR count). The van der Waals surface area contributed by atoms with Gasteiger partial charge in [0.25, 0.3) is 0 Å². The fourth-order valence-corrected chi connectivity index (χ4v) is 6.51. The lowest BCUT2D eigenvalue weighted by Gasteiger charge is -2.39. The summed E-state index contributed by atoms with van der Waals surface area (Å²) < 4.78 is 14.0. The van der Waals surface area contributed by atoms with Crippen molar-refractivity contribution in [2.75, 3.05) is 12.4 Å². The first-order valence-electron chi connectivity index (χ1n) is 14.7. The minimum Gasteiger partial charge on any atom is -0.493 e. The molecule has 1 aliphatic heterocycles. The van der Waals surface area contributed by atoms with Gasteiger partial charge in [-0.1, -0.05) is 94.8 Å². The fourth-order valence-electron chi connectivity index (χ4n) is 6.30. The number of Topliss-reactive ketones (excluding diaryl/α,β-unsaturated/α-hetero) is 1. The Balaban J connectivity index is 1.57. The standard InChI is InChI=1S/C36H38ClN3O3/c1-35(2,3)33-32-30(23-16-17-28(42-6)29(18-23)43-21-22-12-8-7-9-13-22)31-25(19-36(4,5)20-27(31)41)38-34(32)40(39-33)26-15-11-10-14-24(26)37/h7-18,30,38H,19-21H2,1-6H3. The Hall–Kier alpha value is -4.03. The van der Waals surface area contributed by atoms with Crippen molar-refractivity contribution in [3.05, 3.63) is 111 Å². The first-order chi connectivity index (χ1) is 20.5. The molecule has 7 heteroatoms. The number of para-hydroxylation sites is 1. The molecule has 2 heterocycles. The predicted molar refractivity (Wildman–Crippen MR) is 172 cm³/mol. The number of anilines is 1. The van der Waals surface area contributed by atoms with Crippen molar-refractivity contribution in [2.24, 2.45) is 5.41 Å². The molecule has 1 aliphatic carbocycles. The second kappa shape index (κ2) is 10.9. The highest BCUT2D eigenvalue weighted by Gasteiger charge is 2.45. The fraction of sp³-hybridized carbons (Fsp3) is 0.333. The highest BCUT2D eigenvalue weighted by atomic mass is 35.5. The summed E-state index contributed by atoms with van der Waals surface area (Å²) >= 11 is 6.74. The van der Waals surface area contributed by atoms with Crippen LogP contribution in [0.2, 0.25) is 5.02 Å². The largest absolute Gasteiger partial charge is 0.493 e. The molecule has 0 saturated carbocycles. The Kier molecular flexibility index (Phi) is 7.37. The number of hydrogen-bond acceptors (Lipinski definition) is 5. The average Bonchev–Trinajstić information content (AvgIpc) is 3.34. The molecule has 1 N–H and O–H groups in total. The second-order valence-electron chi connectivity index (χ2n) is 13.3. The Morgan fingerprint density at radius 2 is 1.72 bits per heavy atom. The molecular weight excluding hydrogens is 558 g/mol. The Morgan fingerprint density at radius 1 is 1.00 bits per heavy atom. The van der Waals surface area contributed by atoms with Crippen LogP contribution >= 0.6 is 11.6 Å². The number of benzene rings is 3. The van der Waals surface area contributed by atoms with E-state index < -0.39 is 0 Å². The first kappa shape index (κ1) is 29.1. The minimum atomic E-state index is -0.342. The number of nitrogens with zero attached hydrogens (tertiary/aromatic N) is 2. The number of fused-ring (bicyclic) bond motifs is 1. The highest BCUT2D eigenvalue weighted by molar-refractivity contribution is 6.32. The lowest BCUT2D eigenvalue weighted by molar-refractivity contribution is -0.118. The summed E-state index contributed by atoms with van der Waals surface area (Å²) in [6.07, 6.45) is 1.23. The van der Waals surface area contributed by atoms with Crippen molar-refractivity contribution < 1.29 is 14.3 Å². The predicted octanol–water partition coefficient (Wildman–Crippen LogP) is 8.61. The lowest BCUT2D eigenvalue weighted by atomic mass is 9.68. The summed E-state index contributed by atoms with van der Waals surface area (Å²) in [4.78, 5) is 14.0. The van der Waals surface area contributed by atoms with Gasteiger partial charge in [0.2, 0.25) is 0 Å². The van der Waals surface area contributed by atoms with Gasteiger partial charge >= 0.3 is 0 Å². The summed E-state index contributed by atoms with van der Waals surface area (Å²) in [5.74, 6) is 1.93. The zero-order valence-electron chi connectivity index (χ0n) is 25.6. The van der Waals surface area contributed by atoms with E-state index in [0.29, 0.717) is 29.5 Å². The number of aromatic nitrogens is 2. The number of nitrogens with one attached hydrogen (secondary N) is 1. The van der Waals surface area contributed by atoms with E-state index in [4.69, 9.17) is 26.2 Å². The maximum absolute atomic E-state index is 14.0. The Bertz CT molecular complexity index is 1730. The summed E-state index contributed by atoms with van der Waals surface area (Å²) in [5.41, 5.74) is 5.95. The average molecular weight is 596 g/mol. The van der Waals surface area contributed by atoms with Gasteiger partial charge in [-0.2, -0.15) is 5.10 Å². The third kappa shape index (κ3) is 5.45. The van der Waals surface area contributed by atoms with Gasteiger partial charge < -0.3 is 14.8 Å². The number of hydrogen-bond donors (Lipinski definition) is 1. The van der Waals surface area contributed by atoms with Gasteiger partial charge in [0, 0.05) is 34.6 Å². The summed E-state index contributed by atoms with van der Waals surface area (Å²) in [5, 5.41) is 9.50. The van der Waals surface area contributed by atoms with Gasteiger partial charge in [-0.25, -0.2) is 4.68 Å². The van der Waals surface area contributed by atoms with E-state index in [2.05, 4.69) is 39.9 Å². The van der Waals surface area contributed by atoms with Crippen LogP contribution in [0, 0.1) is 5.41 Å². The molecular formula is C36H38ClN3O3. The van der Waals surface area contributed by atoms with Crippen LogP contribution in [0.25, 0.3) is 5.69 Å². The van der Waals surface area contributed by atoms with E-state index in [1.807, 2.05) is 77.5 Å². The number of carbonyl (C=O) groups is 1. The van der Waals surface area contributed by atoms with E-state index in [1.165, 1.54) is 0 Å². The van der Waals surface area contributed by atoms with Gasteiger partial charge in [0.05, 0.1) is 23.5 Å². The van der Waals surface area contributed by atoms with Crippen LogP contribution < -0.4 is 14.8 Å². The number of halogens is 1. The molecule has 0 radical (unpaired) electrons. The molecule has 0 bridgehead atoms. The van der Waals surface area contributed by atoms with Gasteiger partial charge in [0.15, 0.2) is 17.3 Å². The van der Waals surface area contributed by atoms with E-state index in [9.17, 15) is 4.79 Å². The molecule has 6 nitrogen and oxygen atoms in total. The van der Waals surface area contributed by atoms with Crippen LogP contribution in [0.1, 0.15) is 75.8 Å².